The van der Waals surface area contributed by atoms with Crippen molar-refractivity contribution < 1.29 is 14.5 Å². The first-order valence-corrected chi connectivity index (χ1v) is 7.76. The van der Waals surface area contributed by atoms with E-state index in [-0.39, 0.29) is 11.7 Å². The van der Waals surface area contributed by atoms with Crippen molar-refractivity contribution in [3.05, 3.63) is 56.9 Å². The van der Waals surface area contributed by atoms with Crippen LogP contribution in [0.1, 0.15) is 41.2 Å². The Morgan fingerprint density at radius 1 is 1.32 bits per heavy atom. The number of benzene rings is 1. The number of nitro benzene ring substituents is 1. The van der Waals surface area contributed by atoms with Gasteiger partial charge in [0.2, 0.25) is 0 Å². The highest BCUT2D eigenvalue weighted by molar-refractivity contribution is 6.03. The summed E-state index contributed by atoms with van der Waals surface area (Å²) >= 11 is 0. The van der Waals surface area contributed by atoms with Gasteiger partial charge >= 0.3 is 5.97 Å². The molecule has 0 radical (unpaired) electrons. The lowest BCUT2D eigenvalue weighted by atomic mass is 10.1. The molecular formula is C17H20N4O4. The van der Waals surface area contributed by atoms with Gasteiger partial charge in [-0.05, 0) is 45.4 Å². The Morgan fingerprint density at radius 2 is 1.96 bits per heavy atom. The molecule has 2 rings (SSSR count). The van der Waals surface area contributed by atoms with E-state index in [1.165, 1.54) is 12.1 Å². The fourth-order valence-corrected chi connectivity index (χ4v) is 2.48. The molecule has 132 valence electrons. The number of ether oxygens (including phenoxy) is 1. The lowest BCUT2D eigenvalue weighted by Gasteiger charge is -2.04. The number of hydrogen-bond donors (Lipinski definition) is 2. The highest BCUT2D eigenvalue weighted by Crippen LogP contribution is 2.20. The largest absolute Gasteiger partial charge is 0.462 e. The number of H-pyrrole nitrogens is 1. The van der Waals surface area contributed by atoms with Gasteiger partial charge in [-0.25, -0.2) is 4.79 Å². The van der Waals surface area contributed by atoms with Crippen LogP contribution in [0.25, 0.3) is 0 Å². The molecule has 0 bridgehead atoms. The number of hydrogen-bond acceptors (Lipinski definition) is 6. The molecule has 8 heteroatoms. The molecule has 0 saturated heterocycles. The number of non-ortho nitro benzene ring substituents is 1. The topological polar surface area (TPSA) is 110 Å². The predicted molar refractivity (Wildman–Crippen MR) is 95.2 cm³/mol. The minimum atomic E-state index is -0.458. The Morgan fingerprint density at radius 3 is 2.52 bits per heavy atom. The van der Waals surface area contributed by atoms with E-state index in [0.717, 1.165) is 17.0 Å². The number of nitrogens with one attached hydrogen (secondary N) is 2. The molecule has 0 saturated carbocycles. The summed E-state index contributed by atoms with van der Waals surface area (Å²) in [5.41, 5.74) is 6.86. The average Bonchev–Trinajstić information content (AvgIpc) is 2.88. The quantitative estimate of drug-likeness (QED) is 0.360. The standard InChI is InChI=1S/C17H20N4O4/c1-5-25-17(22)15-10(2)16(18-11(15)3)12(4)19-20-13-6-8-14(9-7-13)21(23)24/h6-9,18,20H,5H2,1-4H3/b19-12+. The number of aryl methyl sites for hydroxylation is 1. The normalized spacial score (nSPS) is 11.3. The monoisotopic (exact) mass is 344 g/mol. The lowest BCUT2D eigenvalue weighted by Crippen LogP contribution is -2.07. The highest BCUT2D eigenvalue weighted by atomic mass is 16.6. The van der Waals surface area contributed by atoms with Crippen LogP contribution in [0.2, 0.25) is 0 Å². The number of nitrogens with zero attached hydrogens (tertiary/aromatic N) is 2. The Hall–Kier alpha value is -3.16. The summed E-state index contributed by atoms with van der Waals surface area (Å²) in [6, 6.07) is 5.95. The molecule has 1 aromatic carbocycles. The van der Waals surface area contributed by atoms with Crippen molar-refractivity contribution in [1.82, 2.24) is 4.98 Å². The fourth-order valence-electron chi connectivity index (χ4n) is 2.48. The zero-order valence-corrected chi connectivity index (χ0v) is 14.5. The van der Waals surface area contributed by atoms with E-state index in [4.69, 9.17) is 4.74 Å². The number of aromatic nitrogens is 1. The molecule has 0 aliphatic rings. The number of aromatic amines is 1. The summed E-state index contributed by atoms with van der Waals surface area (Å²) in [7, 11) is 0. The summed E-state index contributed by atoms with van der Waals surface area (Å²) in [5, 5.41) is 14.9. The van der Waals surface area contributed by atoms with Gasteiger partial charge in [-0.1, -0.05) is 0 Å². The molecule has 25 heavy (non-hydrogen) atoms. The smallest absolute Gasteiger partial charge is 0.340 e. The van der Waals surface area contributed by atoms with E-state index in [1.807, 2.05) is 6.92 Å². The molecule has 2 N–H and O–H groups in total. The first kappa shape index (κ1) is 18.2. The second-order valence-electron chi connectivity index (χ2n) is 5.46. The van der Waals surface area contributed by atoms with Crippen LogP contribution in [0.5, 0.6) is 0 Å². The number of hydrazone groups is 1. The molecule has 0 fully saturated rings. The molecule has 2 aromatic rings. The summed E-state index contributed by atoms with van der Waals surface area (Å²) in [4.78, 5) is 25.4. The van der Waals surface area contributed by atoms with Crippen molar-refractivity contribution in [2.45, 2.75) is 27.7 Å². The molecule has 1 heterocycles. The number of rotatable bonds is 6. The molecule has 0 unspecified atom stereocenters. The number of nitro groups is 1. The van der Waals surface area contributed by atoms with Gasteiger partial charge in [0, 0.05) is 17.8 Å². The molecule has 1 aromatic heterocycles. The number of carbonyl (C=O) groups excluding carboxylic acids is 1. The zero-order chi connectivity index (χ0) is 18.6. The lowest BCUT2D eigenvalue weighted by molar-refractivity contribution is -0.384. The second kappa shape index (κ2) is 7.61. The van der Waals surface area contributed by atoms with Crippen molar-refractivity contribution >= 4 is 23.1 Å². The molecule has 0 aliphatic heterocycles. The fraction of sp³-hybridized carbons (Fsp3) is 0.294. The Kier molecular flexibility index (Phi) is 5.53. The van der Waals surface area contributed by atoms with Crippen LogP contribution < -0.4 is 5.43 Å². The maximum absolute atomic E-state index is 12.0. The molecule has 0 amide bonds. The summed E-state index contributed by atoms with van der Waals surface area (Å²) in [6.45, 7) is 7.51. The minimum Gasteiger partial charge on any atom is -0.462 e. The van der Waals surface area contributed by atoms with E-state index in [1.54, 1.807) is 32.9 Å². The molecule has 0 atom stereocenters. The van der Waals surface area contributed by atoms with E-state index >= 15 is 0 Å². The van der Waals surface area contributed by atoms with Crippen LogP contribution in [0, 0.1) is 24.0 Å². The van der Waals surface area contributed by atoms with Crippen LogP contribution in [0.3, 0.4) is 0 Å². The van der Waals surface area contributed by atoms with E-state index < -0.39 is 4.92 Å². The Labute approximate surface area is 145 Å². The molecule has 0 aliphatic carbocycles. The Bertz CT molecular complexity index is 822. The van der Waals surface area contributed by atoms with Gasteiger partial charge in [0.15, 0.2) is 0 Å². The van der Waals surface area contributed by atoms with Crippen molar-refractivity contribution in [2.75, 3.05) is 12.0 Å². The maximum atomic E-state index is 12.0. The number of esters is 1. The van der Waals surface area contributed by atoms with E-state index in [2.05, 4.69) is 15.5 Å². The van der Waals surface area contributed by atoms with Gasteiger partial charge in [-0.3, -0.25) is 15.5 Å². The van der Waals surface area contributed by atoms with Crippen LogP contribution in [0.15, 0.2) is 29.4 Å². The first-order valence-electron chi connectivity index (χ1n) is 7.76. The van der Waals surface area contributed by atoms with Gasteiger partial charge in [0.05, 0.1) is 34.2 Å². The first-order chi connectivity index (χ1) is 11.8. The highest BCUT2D eigenvalue weighted by Gasteiger charge is 2.20. The second-order valence-corrected chi connectivity index (χ2v) is 5.46. The van der Waals surface area contributed by atoms with Gasteiger partial charge in [-0.15, -0.1) is 0 Å². The van der Waals surface area contributed by atoms with Crippen molar-refractivity contribution in [3.63, 3.8) is 0 Å². The summed E-state index contributed by atoms with van der Waals surface area (Å²) in [5.74, 6) is -0.365. The van der Waals surface area contributed by atoms with Gasteiger partial charge in [0.1, 0.15) is 0 Å². The zero-order valence-electron chi connectivity index (χ0n) is 14.5. The van der Waals surface area contributed by atoms with Crippen LogP contribution >= 0.6 is 0 Å². The van der Waals surface area contributed by atoms with E-state index in [0.29, 0.717) is 23.6 Å². The third-order valence-electron chi connectivity index (χ3n) is 3.71. The van der Waals surface area contributed by atoms with Gasteiger partial charge < -0.3 is 9.72 Å². The number of carbonyl (C=O) groups is 1. The SMILES string of the molecule is CCOC(=O)c1c(C)[nH]c(/C(C)=N/Nc2ccc([N+](=O)[O-])cc2)c1C. The van der Waals surface area contributed by atoms with E-state index in [9.17, 15) is 14.9 Å². The van der Waals surface area contributed by atoms with Crippen LogP contribution in [-0.2, 0) is 4.74 Å². The molecule has 0 spiro atoms. The predicted octanol–water partition coefficient (Wildman–Crippen LogP) is 3.55. The van der Waals surface area contributed by atoms with Crippen molar-refractivity contribution in [1.29, 1.82) is 0 Å². The van der Waals surface area contributed by atoms with Crippen molar-refractivity contribution in [2.24, 2.45) is 5.10 Å². The third kappa shape index (κ3) is 4.03. The number of anilines is 1. The Balaban J connectivity index is 2.21. The molecule has 8 nitrogen and oxygen atoms in total. The van der Waals surface area contributed by atoms with Crippen LogP contribution in [-0.4, -0.2) is 28.2 Å². The van der Waals surface area contributed by atoms with Crippen LogP contribution in [0.4, 0.5) is 11.4 Å². The van der Waals surface area contributed by atoms with Gasteiger partial charge in [-0.2, -0.15) is 5.10 Å². The third-order valence-corrected chi connectivity index (χ3v) is 3.71. The summed E-state index contributed by atoms with van der Waals surface area (Å²) in [6.07, 6.45) is 0. The molecular weight excluding hydrogens is 324 g/mol. The maximum Gasteiger partial charge on any atom is 0.340 e. The van der Waals surface area contributed by atoms with Crippen molar-refractivity contribution in [3.8, 4) is 0 Å². The van der Waals surface area contributed by atoms with Gasteiger partial charge in [0.25, 0.3) is 5.69 Å². The summed E-state index contributed by atoms with van der Waals surface area (Å²) < 4.78 is 5.07. The average molecular weight is 344 g/mol. The minimum absolute atomic E-state index is 0.0150.